The summed E-state index contributed by atoms with van der Waals surface area (Å²) in [5.74, 6) is 2.29. The first-order valence-corrected chi connectivity index (χ1v) is 9.96. The monoisotopic (exact) mass is 428 g/mol. The van der Waals surface area contributed by atoms with E-state index in [4.69, 9.17) is 4.98 Å². The minimum Gasteiger partial charge on any atom is -0.465 e. The molecule has 1 aliphatic carbocycles. The van der Waals surface area contributed by atoms with E-state index in [9.17, 15) is 9.90 Å². The average molecular weight is 429 g/mol. The maximum atomic E-state index is 11.7. The molecule has 2 heterocycles. The number of hydrogen-bond donors (Lipinski definition) is 2. The van der Waals surface area contributed by atoms with Crippen molar-refractivity contribution >= 4 is 38.9 Å². The van der Waals surface area contributed by atoms with E-state index in [0.717, 1.165) is 47.0 Å². The molecule has 140 valence electrons. The number of fused-ring (bicyclic) bond motifs is 1. The highest BCUT2D eigenvalue weighted by Gasteiger charge is 2.28. The summed E-state index contributed by atoms with van der Waals surface area (Å²) in [7, 11) is 0. The molecular weight excluding hydrogens is 408 g/mol. The molecule has 1 aliphatic rings. The Hall–Kier alpha value is -2.41. The van der Waals surface area contributed by atoms with E-state index in [2.05, 4.69) is 32.0 Å². The SMILES string of the molecule is O=C(O)N(CC1CCC(c2nc3ccc(Br)cc3[nH]2)CC1)c1ccccn1. The molecule has 0 aliphatic heterocycles. The van der Waals surface area contributed by atoms with Gasteiger partial charge in [0.1, 0.15) is 11.6 Å². The standard InChI is InChI=1S/C20H21BrN4O2/c21-15-8-9-16-17(11-15)24-19(23-16)14-6-4-13(5-7-14)12-25(20(26)27)18-3-1-2-10-22-18/h1-3,8-11,13-14H,4-7,12H2,(H,23,24)(H,26,27). The van der Waals surface area contributed by atoms with Crippen LogP contribution in [0.15, 0.2) is 47.1 Å². The van der Waals surface area contributed by atoms with Crippen molar-refractivity contribution in [2.45, 2.75) is 31.6 Å². The second kappa shape index (κ2) is 7.68. The van der Waals surface area contributed by atoms with Crippen LogP contribution in [-0.4, -0.2) is 32.7 Å². The molecule has 0 saturated heterocycles. The molecule has 3 aromatic rings. The lowest BCUT2D eigenvalue weighted by molar-refractivity contribution is 0.198. The number of imidazole rings is 1. The van der Waals surface area contributed by atoms with Crippen LogP contribution in [0.3, 0.4) is 0 Å². The molecule has 0 atom stereocenters. The number of aromatic nitrogens is 3. The highest BCUT2D eigenvalue weighted by atomic mass is 79.9. The summed E-state index contributed by atoms with van der Waals surface area (Å²) in [5, 5.41) is 9.56. The van der Waals surface area contributed by atoms with E-state index in [0.29, 0.717) is 24.2 Å². The zero-order chi connectivity index (χ0) is 18.8. The molecule has 1 saturated carbocycles. The van der Waals surface area contributed by atoms with Crippen LogP contribution in [0.5, 0.6) is 0 Å². The van der Waals surface area contributed by atoms with Crippen LogP contribution in [0, 0.1) is 5.92 Å². The topological polar surface area (TPSA) is 82.1 Å². The normalized spacial score (nSPS) is 19.9. The van der Waals surface area contributed by atoms with Gasteiger partial charge in [-0.05, 0) is 61.9 Å². The number of rotatable bonds is 4. The van der Waals surface area contributed by atoms with Gasteiger partial charge in [-0.3, -0.25) is 4.90 Å². The van der Waals surface area contributed by atoms with Crippen LogP contribution in [-0.2, 0) is 0 Å². The number of nitrogens with zero attached hydrogens (tertiary/aromatic N) is 3. The summed E-state index contributed by atoms with van der Waals surface area (Å²) in [4.78, 5) is 25.4. The van der Waals surface area contributed by atoms with E-state index in [-0.39, 0.29) is 0 Å². The smallest absolute Gasteiger partial charge is 0.413 e. The molecule has 4 rings (SSSR count). The van der Waals surface area contributed by atoms with Crippen molar-refractivity contribution < 1.29 is 9.90 Å². The molecule has 0 radical (unpaired) electrons. The Morgan fingerprint density at radius 3 is 2.74 bits per heavy atom. The zero-order valence-electron chi connectivity index (χ0n) is 14.8. The largest absolute Gasteiger partial charge is 0.465 e. The molecule has 1 amide bonds. The van der Waals surface area contributed by atoms with E-state index >= 15 is 0 Å². The van der Waals surface area contributed by atoms with Gasteiger partial charge in [0.2, 0.25) is 0 Å². The van der Waals surface area contributed by atoms with E-state index in [1.54, 1.807) is 18.3 Å². The van der Waals surface area contributed by atoms with Crippen molar-refractivity contribution in [2.75, 3.05) is 11.4 Å². The molecule has 7 heteroatoms. The summed E-state index contributed by atoms with van der Waals surface area (Å²) in [6, 6.07) is 11.4. The Morgan fingerprint density at radius 1 is 1.22 bits per heavy atom. The Balaban J connectivity index is 1.41. The Labute approximate surface area is 165 Å². The molecule has 2 N–H and O–H groups in total. The van der Waals surface area contributed by atoms with Gasteiger partial charge < -0.3 is 10.1 Å². The van der Waals surface area contributed by atoms with Crippen LogP contribution in [0.25, 0.3) is 11.0 Å². The van der Waals surface area contributed by atoms with E-state index < -0.39 is 6.09 Å². The number of anilines is 1. The number of hydrogen-bond acceptors (Lipinski definition) is 3. The second-order valence-corrected chi connectivity index (χ2v) is 8.00. The number of amides is 1. The average Bonchev–Trinajstić information content (AvgIpc) is 3.10. The van der Waals surface area contributed by atoms with Crippen LogP contribution >= 0.6 is 15.9 Å². The number of carboxylic acid groups (broad SMARTS) is 1. The molecule has 0 spiro atoms. The molecular formula is C20H21BrN4O2. The third-order valence-electron chi connectivity index (χ3n) is 5.29. The summed E-state index contributed by atoms with van der Waals surface area (Å²) in [6.07, 6.45) is 4.69. The lowest BCUT2D eigenvalue weighted by atomic mass is 9.81. The number of pyridine rings is 1. The second-order valence-electron chi connectivity index (χ2n) is 7.08. The molecule has 1 aromatic carbocycles. The number of H-pyrrole nitrogens is 1. The Bertz CT molecular complexity index is 936. The first kappa shape index (κ1) is 18.0. The number of nitrogens with one attached hydrogen (secondary N) is 1. The number of carbonyl (C=O) groups is 1. The van der Waals surface area contributed by atoms with Crippen LogP contribution in [0.2, 0.25) is 0 Å². The van der Waals surface area contributed by atoms with Gasteiger partial charge in [0.15, 0.2) is 0 Å². The van der Waals surface area contributed by atoms with Crippen LogP contribution in [0.4, 0.5) is 10.6 Å². The predicted octanol–water partition coefficient (Wildman–Crippen LogP) is 5.18. The van der Waals surface area contributed by atoms with Crippen LogP contribution in [0.1, 0.15) is 37.4 Å². The van der Waals surface area contributed by atoms with Gasteiger partial charge in [0.05, 0.1) is 11.0 Å². The fourth-order valence-corrected chi connectivity index (χ4v) is 4.22. The van der Waals surface area contributed by atoms with Crippen molar-refractivity contribution in [1.29, 1.82) is 0 Å². The van der Waals surface area contributed by atoms with Gasteiger partial charge in [-0.1, -0.05) is 22.0 Å². The Kier molecular flexibility index (Phi) is 5.11. The Morgan fingerprint density at radius 2 is 2.04 bits per heavy atom. The highest BCUT2D eigenvalue weighted by Crippen LogP contribution is 2.36. The zero-order valence-corrected chi connectivity index (χ0v) is 16.4. The van der Waals surface area contributed by atoms with Gasteiger partial charge in [-0.2, -0.15) is 0 Å². The minimum atomic E-state index is -0.946. The van der Waals surface area contributed by atoms with Gasteiger partial charge in [-0.15, -0.1) is 0 Å². The third-order valence-corrected chi connectivity index (χ3v) is 5.79. The van der Waals surface area contributed by atoms with Crippen LogP contribution < -0.4 is 4.90 Å². The molecule has 1 fully saturated rings. The third kappa shape index (κ3) is 3.98. The van der Waals surface area contributed by atoms with Crippen molar-refractivity contribution in [1.82, 2.24) is 15.0 Å². The summed E-state index contributed by atoms with van der Waals surface area (Å²) >= 11 is 3.49. The van der Waals surface area contributed by atoms with Crippen molar-refractivity contribution in [3.8, 4) is 0 Å². The number of benzene rings is 1. The van der Waals surface area contributed by atoms with E-state index in [1.807, 2.05) is 18.2 Å². The van der Waals surface area contributed by atoms with Crippen molar-refractivity contribution in [3.63, 3.8) is 0 Å². The maximum absolute atomic E-state index is 11.7. The molecule has 27 heavy (non-hydrogen) atoms. The summed E-state index contributed by atoms with van der Waals surface area (Å²) < 4.78 is 1.04. The van der Waals surface area contributed by atoms with Gasteiger partial charge in [0.25, 0.3) is 0 Å². The molecule has 0 unspecified atom stereocenters. The molecule has 2 aromatic heterocycles. The summed E-state index contributed by atoms with van der Waals surface area (Å²) in [6.45, 7) is 0.492. The lowest BCUT2D eigenvalue weighted by Crippen LogP contribution is -2.36. The lowest BCUT2D eigenvalue weighted by Gasteiger charge is -2.30. The van der Waals surface area contributed by atoms with Gasteiger partial charge in [-0.25, -0.2) is 14.8 Å². The maximum Gasteiger partial charge on any atom is 0.413 e. The fourth-order valence-electron chi connectivity index (χ4n) is 3.85. The fraction of sp³-hybridized carbons (Fsp3) is 0.350. The minimum absolute atomic E-state index is 0.345. The van der Waals surface area contributed by atoms with Gasteiger partial charge in [0, 0.05) is 23.1 Å². The predicted molar refractivity (Wildman–Crippen MR) is 108 cm³/mol. The summed E-state index contributed by atoms with van der Waals surface area (Å²) in [5.41, 5.74) is 2.04. The highest BCUT2D eigenvalue weighted by molar-refractivity contribution is 9.10. The molecule has 6 nitrogen and oxygen atoms in total. The number of halogens is 1. The number of aromatic amines is 1. The quantitative estimate of drug-likeness (QED) is 0.599. The van der Waals surface area contributed by atoms with Gasteiger partial charge >= 0.3 is 6.09 Å². The first-order valence-electron chi connectivity index (χ1n) is 9.17. The van der Waals surface area contributed by atoms with E-state index in [1.165, 1.54) is 4.90 Å². The van der Waals surface area contributed by atoms with Crippen molar-refractivity contribution in [3.05, 3.63) is 52.9 Å². The first-order chi connectivity index (χ1) is 13.1. The molecule has 0 bridgehead atoms. The van der Waals surface area contributed by atoms with Crippen molar-refractivity contribution in [2.24, 2.45) is 5.92 Å².